The number of nitrogens with zero attached hydrogens (tertiary/aromatic N) is 6. The standard InChI is InChI=1S/C21H46N6O4/c1-18(28)8-24-12-22(13-25(16-24)9-19(2)29)6-5-7-23-14-26(10-20(3)30)17-27(15-23)11-21(4)31/h18-21,28-31H,5-17H2,1-4H3. The molecule has 2 fully saturated rings. The molecule has 0 radical (unpaired) electrons. The Bertz CT molecular complexity index is 418. The zero-order valence-corrected chi connectivity index (χ0v) is 20.0. The molecule has 0 amide bonds. The van der Waals surface area contributed by atoms with Gasteiger partial charge < -0.3 is 20.4 Å². The molecular weight excluding hydrogens is 400 g/mol. The van der Waals surface area contributed by atoms with Gasteiger partial charge in [0.25, 0.3) is 0 Å². The van der Waals surface area contributed by atoms with Gasteiger partial charge in [0.05, 0.1) is 64.4 Å². The van der Waals surface area contributed by atoms with Crippen molar-refractivity contribution in [2.75, 3.05) is 79.3 Å². The van der Waals surface area contributed by atoms with E-state index in [4.69, 9.17) is 0 Å². The molecule has 2 saturated heterocycles. The maximum atomic E-state index is 9.80. The minimum Gasteiger partial charge on any atom is -0.392 e. The van der Waals surface area contributed by atoms with Gasteiger partial charge in [0.15, 0.2) is 0 Å². The Morgan fingerprint density at radius 3 is 0.903 bits per heavy atom. The molecule has 0 aliphatic carbocycles. The van der Waals surface area contributed by atoms with E-state index in [0.717, 1.165) is 59.5 Å². The first-order chi connectivity index (χ1) is 14.6. The molecule has 31 heavy (non-hydrogen) atoms. The summed E-state index contributed by atoms with van der Waals surface area (Å²) in [7, 11) is 0. The van der Waals surface area contributed by atoms with Gasteiger partial charge in [-0.3, -0.25) is 29.4 Å². The summed E-state index contributed by atoms with van der Waals surface area (Å²) < 4.78 is 0. The molecular formula is C21H46N6O4. The molecule has 184 valence electrons. The van der Waals surface area contributed by atoms with E-state index >= 15 is 0 Å². The third-order valence-corrected chi connectivity index (χ3v) is 5.44. The van der Waals surface area contributed by atoms with Crippen LogP contribution in [0.15, 0.2) is 0 Å². The van der Waals surface area contributed by atoms with E-state index in [-0.39, 0.29) is 24.4 Å². The largest absolute Gasteiger partial charge is 0.392 e. The Morgan fingerprint density at radius 1 is 0.452 bits per heavy atom. The van der Waals surface area contributed by atoms with Gasteiger partial charge >= 0.3 is 0 Å². The Labute approximate surface area is 188 Å². The fourth-order valence-corrected chi connectivity index (χ4v) is 4.72. The Kier molecular flexibility index (Phi) is 11.6. The molecule has 0 spiro atoms. The van der Waals surface area contributed by atoms with E-state index in [2.05, 4.69) is 29.4 Å². The number of β-amino-alcohol motifs (C(OH)–C–C–N with tert-alkyl or cyclic N) is 4. The maximum absolute atomic E-state index is 9.80. The number of hydrogen-bond donors (Lipinski definition) is 4. The quantitative estimate of drug-likeness (QED) is 0.283. The lowest BCUT2D eigenvalue weighted by molar-refractivity contribution is -0.0666. The van der Waals surface area contributed by atoms with E-state index in [1.54, 1.807) is 0 Å². The number of rotatable bonds is 12. The number of aliphatic hydroxyl groups excluding tert-OH is 4. The predicted octanol–water partition coefficient (Wildman–Crippen LogP) is -1.52. The summed E-state index contributed by atoms with van der Waals surface area (Å²) in [5, 5.41) is 39.2. The van der Waals surface area contributed by atoms with Gasteiger partial charge in [0.2, 0.25) is 0 Å². The van der Waals surface area contributed by atoms with E-state index in [1.165, 1.54) is 0 Å². The highest BCUT2D eigenvalue weighted by molar-refractivity contribution is 4.75. The fraction of sp³-hybridized carbons (Fsp3) is 1.00. The molecule has 4 unspecified atom stereocenters. The molecule has 10 nitrogen and oxygen atoms in total. The number of hydrogen-bond acceptors (Lipinski definition) is 10. The van der Waals surface area contributed by atoms with Crippen molar-refractivity contribution < 1.29 is 20.4 Å². The first-order valence-electron chi connectivity index (χ1n) is 11.7. The van der Waals surface area contributed by atoms with Crippen molar-refractivity contribution in [3.63, 3.8) is 0 Å². The summed E-state index contributed by atoms with van der Waals surface area (Å²) in [6, 6.07) is 0. The van der Waals surface area contributed by atoms with E-state index in [0.29, 0.717) is 26.2 Å². The van der Waals surface area contributed by atoms with Gasteiger partial charge in [-0.15, -0.1) is 0 Å². The minimum absolute atomic E-state index is 0.374. The highest BCUT2D eigenvalue weighted by Crippen LogP contribution is 2.12. The van der Waals surface area contributed by atoms with Crippen LogP contribution in [-0.2, 0) is 0 Å². The molecule has 2 aliphatic rings. The summed E-state index contributed by atoms with van der Waals surface area (Å²) in [5.74, 6) is 0. The Morgan fingerprint density at radius 2 is 0.677 bits per heavy atom. The number of aliphatic hydroxyl groups is 4. The summed E-state index contributed by atoms with van der Waals surface area (Å²) in [6.07, 6.45) is -0.484. The van der Waals surface area contributed by atoms with Crippen LogP contribution in [0.5, 0.6) is 0 Å². The first-order valence-corrected chi connectivity index (χ1v) is 11.7. The van der Waals surface area contributed by atoms with Gasteiger partial charge in [-0.05, 0) is 34.1 Å². The van der Waals surface area contributed by atoms with Crippen LogP contribution in [-0.4, -0.2) is 154 Å². The second-order valence-corrected chi connectivity index (χ2v) is 9.80. The lowest BCUT2D eigenvalue weighted by atomic mass is 10.3. The molecule has 4 N–H and O–H groups in total. The predicted molar refractivity (Wildman–Crippen MR) is 121 cm³/mol. The third-order valence-electron chi connectivity index (χ3n) is 5.44. The third kappa shape index (κ3) is 10.8. The van der Waals surface area contributed by atoms with Gasteiger partial charge in [0.1, 0.15) is 0 Å². The lowest BCUT2D eigenvalue weighted by Gasteiger charge is -2.44. The molecule has 0 bridgehead atoms. The Hall–Kier alpha value is -0.400. The van der Waals surface area contributed by atoms with Crippen molar-refractivity contribution in [2.24, 2.45) is 0 Å². The highest BCUT2D eigenvalue weighted by Gasteiger charge is 2.27. The summed E-state index contributed by atoms with van der Waals surface area (Å²) >= 11 is 0. The van der Waals surface area contributed by atoms with Crippen LogP contribution in [0.1, 0.15) is 34.1 Å². The van der Waals surface area contributed by atoms with Crippen LogP contribution in [0, 0.1) is 0 Å². The Balaban J connectivity index is 1.85. The monoisotopic (exact) mass is 446 g/mol. The molecule has 0 aromatic carbocycles. The molecule has 2 aliphatic heterocycles. The molecule has 2 heterocycles. The fourth-order valence-electron chi connectivity index (χ4n) is 4.72. The summed E-state index contributed by atoms with van der Waals surface area (Å²) in [4.78, 5) is 13.7. The molecule has 4 atom stereocenters. The zero-order chi connectivity index (χ0) is 23.0. The normalized spacial score (nSPS) is 25.5. The van der Waals surface area contributed by atoms with Crippen LogP contribution in [0.25, 0.3) is 0 Å². The van der Waals surface area contributed by atoms with E-state index < -0.39 is 0 Å². The minimum atomic E-state index is -0.374. The second-order valence-electron chi connectivity index (χ2n) is 9.80. The van der Waals surface area contributed by atoms with E-state index in [1.807, 2.05) is 27.7 Å². The highest BCUT2D eigenvalue weighted by atomic mass is 16.3. The maximum Gasteiger partial charge on any atom is 0.0640 e. The van der Waals surface area contributed by atoms with Crippen LogP contribution in [0.2, 0.25) is 0 Å². The second kappa shape index (κ2) is 13.3. The van der Waals surface area contributed by atoms with Crippen molar-refractivity contribution >= 4 is 0 Å². The average Bonchev–Trinajstić information content (AvgIpc) is 2.59. The van der Waals surface area contributed by atoms with Crippen molar-refractivity contribution in [3.8, 4) is 0 Å². The van der Waals surface area contributed by atoms with Crippen LogP contribution in [0.4, 0.5) is 0 Å². The lowest BCUT2D eigenvalue weighted by Crippen LogP contribution is -2.58. The smallest absolute Gasteiger partial charge is 0.0640 e. The van der Waals surface area contributed by atoms with Gasteiger partial charge in [-0.2, -0.15) is 0 Å². The topological polar surface area (TPSA) is 100 Å². The van der Waals surface area contributed by atoms with Gasteiger partial charge in [-0.25, -0.2) is 0 Å². The van der Waals surface area contributed by atoms with Crippen LogP contribution < -0.4 is 0 Å². The molecule has 0 saturated carbocycles. The molecule has 0 aromatic heterocycles. The average molecular weight is 447 g/mol. The van der Waals surface area contributed by atoms with Gasteiger partial charge in [0, 0.05) is 39.3 Å². The summed E-state index contributed by atoms with van der Waals surface area (Å²) in [5.41, 5.74) is 0. The van der Waals surface area contributed by atoms with Crippen LogP contribution in [0.3, 0.4) is 0 Å². The SMILES string of the molecule is CC(O)CN1CN(CCCN2CN(CC(C)O)CN(CC(C)O)C2)CN(CC(C)O)C1. The van der Waals surface area contributed by atoms with Gasteiger partial charge in [-0.1, -0.05) is 0 Å². The zero-order valence-electron chi connectivity index (χ0n) is 20.0. The molecule has 2 rings (SSSR count). The van der Waals surface area contributed by atoms with Crippen LogP contribution >= 0.6 is 0 Å². The van der Waals surface area contributed by atoms with Crippen molar-refractivity contribution in [1.82, 2.24) is 29.4 Å². The molecule has 10 heteroatoms. The van der Waals surface area contributed by atoms with Crippen molar-refractivity contribution in [2.45, 2.75) is 58.5 Å². The molecule has 0 aromatic rings. The summed E-state index contributed by atoms with van der Waals surface area (Å²) in [6.45, 7) is 16.5. The van der Waals surface area contributed by atoms with Crippen molar-refractivity contribution in [1.29, 1.82) is 0 Å². The van der Waals surface area contributed by atoms with Crippen molar-refractivity contribution in [3.05, 3.63) is 0 Å². The first kappa shape index (κ1) is 26.8. The van der Waals surface area contributed by atoms with E-state index in [9.17, 15) is 20.4 Å².